The van der Waals surface area contributed by atoms with Gasteiger partial charge in [0.05, 0.1) is 18.4 Å². The van der Waals surface area contributed by atoms with Crippen molar-refractivity contribution in [2.45, 2.75) is 12.3 Å². The van der Waals surface area contributed by atoms with Crippen LogP contribution in [0.3, 0.4) is 0 Å². The summed E-state index contributed by atoms with van der Waals surface area (Å²) in [7, 11) is 1.78. The van der Waals surface area contributed by atoms with Gasteiger partial charge in [-0.1, -0.05) is 12.1 Å². The Kier molecular flexibility index (Phi) is 2.60. The molecule has 0 radical (unpaired) electrons. The summed E-state index contributed by atoms with van der Waals surface area (Å²) >= 11 is 0. The van der Waals surface area contributed by atoms with Crippen molar-refractivity contribution in [2.24, 2.45) is 0 Å². The van der Waals surface area contributed by atoms with Crippen molar-refractivity contribution in [3.05, 3.63) is 53.3 Å². The van der Waals surface area contributed by atoms with E-state index in [1.165, 1.54) is 0 Å². The first-order valence-corrected chi connectivity index (χ1v) is 6.12. The Balaban J connectivity index is 2.02. The normalized spacial score (nSPS) is 15.2. The first kappa shape index (κ1) is 11.5. The number of rotatable bonds is 2. The van der Waals surface area contributed by atoms with E-state index >= 15 is 0 Å². The number of aromatic nitrogens is 1. The first-order chi connectivity index (χ1) is 9.20. The quantitative estimate of drug-likeness (QED) is 0.889. The van der Waals surface area contributed by atoms with Gasteiger partial charge in [-0.05, 0) is 28.8 Å². The molecule has 94 valence electrons. The van der Waals surface area contributed by atoms with Crippen molar-refractivity contribution >= 4 is 11.6 Å². The van der Waals surface area contributed by atoms with Crippen LogP contribution in [0, 0.1) is 11.3 Å². The minimum Gasteiger partial charge on any atom is -0.367 e. The number of carbonyl (C=O) groups is 1. The lowest BCUT2D eigenvalue weighted by atomic mass is 9.93. The highest BCUT2D eigenvalue weighted by Gasteiger charge is 2.25. The Labute approximate surface area is 111 Å². The van der Waals surface area contributed by atoms with Gasteiger partial charge in [0.2, 0.25) is 5.91 Å². The third-order valence-electron chi connectivity index (χ3n) is 3.60. The SMILES string of the molecule is CN1C(=O)Cc2cc(C(C#N)c3cc[nH]c3)ccc21. The van der Waals surface area contributed by atoms with Crippen molar-refractivity contribution in [1.29, 1.82) is 5.26 Å². The fourth-order valence-corrected chi connectivity index (χ4v) is 2.53. The van der Waals surface area contributed by atoms with Crippen molar-refractivity contribution in [1.82, 2.24) is 4.98 Å². The highest BCUT2D eigenvalue weighted by atomic mass is 16.2. The lowest BCUT2D eigenvalue weighted by Crippen LogP contribution is -2.20. The number of likely N-dealkylation sites (N-methyl/N-ethyl adjacent to an activating group) is 1. The van der Waals surface area contributed by atoms with E-state index in [1.54, 1.807) is 11.9 Å². The van der Waals surface area contributed by atoms with E-state index in [4.69, 9.17) is 0 Å². The molecule has 1 aliphatic heterocycles. The van der Waals surface area contributed by atoms with Gasteiger partial charge in [0, 0.05) is 25.1 Å². The molecule has 1 N–H and O–H groups in total. The largest absolute Gasteiger partial charge is 0.367 e. The first-order valence-electron chi connectivity index (χ1n) is 6.12. The minimum atomic E-state index is -0.294. The molecule has 1 atom stereocenters. The van der Waals surface area contributed by atoms with Crippen LogP contribution in [0.5, 0.6) is 0 Å². The number of benzene rings is 1. The fourth-order valence-electron chi connectivity index (χ4n) is 2.53. The molecule has 19 heavy (non-hydrogen) atoms. The predicted octanol–water partition coefficient (Wildman–Crippen LogP) is 2.19. The van der Waals surface area contributed by atoms with Crippen LogP contribution in [0.4, 0.5) is 5.69 Å². The Hall–Kier alpha value is -2.54. The average Bonchev–Trinajstić information content (AvgIpc) is 3.01. The van der Waals surface area contributed by atoms with E-state index in [9.17, 15) is 10.1 Å². The minimum absolute atomic E-state index is 0.0994. The molecule has 1 unspecified atom stereocenters. The van der Waals surface area contributed by atoms with E-state index < -0.39 is 0 Å². The van der Waals surface area contributed by atoms with E-state index in [2.05, 4.69) is 11.1 Å². The van der Waals surface area contributed by atoms with Crippen LogP contribution in [0.15, 0.2) is 36.7 Å². The maximum atomic E-state index is 11.7. The Morgan fingerprint density at radius 1 is 1.37 bits per heavy atom. The van der Waals surface area contributed by atoms with Crippen molar-refractivity contribution in [3.8, 4) is 6.07 Å². The topological polar surface area (TPSA) is 59.9 Å². The van der Waals surface area contributed by atoms with Gasteiger partial charge in [-0.3, -0.25) is 4.79 Å². The number of H-pyrrole nitrogens is 1. The number of aromatic amines is 1. The summed E-state index contributed by atoms with van der Waals surface area (Å²) in [5.74, 6) is -0.195. The summed E-state index contributed by atoms with van der Waals surface area (Å²) in [5, 5.41) is 9.36. The van der Waals surface area contributed by atoms with Gasteiger partial charge in [0.25, 0.3) is 0 Å². The number of nitrogens with zero attached hydrogens (tertiary/aromatic N) is 2. The van der Waals surface area contributed by atoms with E-state index in [-0.39, 0.29) is 11.8 Å². The Morgan fingerprint density at radius 3 is 2.89 bits per heavy atom. The number of nitrogens with one attached hydrogen (secondary N) is 1. The number of fused-ring (bicyclic) bond motifs is 1. The molecule has 0 fully saturated rings. The van der Waals surface area contributed by atoms with Crippen LogP contribution in [0.25, 0.3) is 0 Å². The molecule has 4 nitrogen and oxygen atoms in total. The highest BCUT2D eigenvalue weighted by Crippen LogP contribution is 2.32. The second kappa shape index (κ2) is 4.29. The van der Waals surface area contributed by atoms with Gasteiger partial charge >= 0.3 is 0 Å². The zero-order valence-electron chi connectivity index (χ0n) is 10.6. The second-order valence-electron chi connectivity index (χ2n) is 4.72. The van der Waals surface area contributed by atoms with Crippen LogP contribution < -0.4 is 4.90 Å². The highest BCUT2D eigenvalue weighted by molar-refractivity contribution is 6.00. The fraction of sp³-hybridized carbons (Fsp3) is 0.200. The van der Waals surface area contributed by atoms with E-state index in [1.807, 2.05) is 36.7 Å². The van der Waals surface area contributed by atoms with Gasteiger partial charge in [-0.15, -0.1) is 0 Å². The molecule has 0 saturated heterocycles. The van der Waals surface area contributed by atoms with E-state index in [0.29, 0.717) is 6.42 Å². The molecular weight excluding hydrogens is 238 g/mol. The maximum absolute atomic E-state index is 11.7. The summed E-state index contributed by atoms with van der Waals surface area (Å²) in [6.45, 7) is 0. The molecule has 2 aromatic rings. The number of hydrogen-bond acceptors (Lipinski definition) is 2. The molecule has 1 aromatic heterocycles. The number of anilines is 1. The van der Waals surface area contributed by atoms with Gasteiger partial charge in [-0.25, -0.2) is 0 Å². The molecule has 4 heteroatoms. The molecule has 0 spiro atoms. The monoisotopic (exact) mass is 251 g/mol. The van der Waals surface area contributed by atoms with Crippen LogP contribution >= 0.6 is 0 Å². The van der Waals surface area contributed by atoms with Crippen LogP contribution in [-0.4, -0.2) is 17.9 Å². The molecule has 0 saturated carbocycles. The standard InChI is InChI=1S/C15H13N3O/c1-18-14-3-2-10(6-12(14)7-15(18)19)13(8-16)11-4-5-17-9-11/h2-6,9,13,17H,7H2,1H3. The molecule has 1 amide bonds. The number of carbonyl (C=O) groups excluding carboxylic acids is 1. The molecule has 3 rings (SSSR count). The zero-order chi connectivity index (χ0) is 13.4. The summed E-state index contributed by atoms with van der Waals surface area (Å²) in [6.07, 6.45) is 4.06. The number of hydrogen-bond donors (Lipinski definition) is 1. The molecule has 2 heterocycles. The molecule has 0 aliphatic carbocycles. The van der Waals surface area contributed by atoms with Gasteiger partial charge in [0.1, 0.15) is 0 Å². The van der Waals surface area contributed by atoms with Crippen molar-refractivity contribution in [2.75, 3.05) is 11.9 Å². The molecular formula is C15H13N3O. The summed E-state index contributed by atoms with van der Waals surface area (Å²) in [6, 6.07) is 10.0. The second-order valence-corrected chi connectivity index (χ2v) is 4.72. The lowest BCUT2D eigenvalue weighted by Gasteiger charge is -2.12. The Bertz CT molecular complexity index is 667. The van der Waals surface area contributed by atoms with Crippen LogP contribution in [0.2, 0.25) is 0 Å². The lowest BCUT2D eigenvalue weighted by molar-refractivity contribution is -0.117. The summed E-state index contributed by atoms with van der Waals surface area (Å²) in [4.78, 5) is 16.3. The third kappa shape index (κ3) is 1.80. The zero-order valence-corrected chi connectivity index (χ0v) is 10.6. The van der Waals surface area contributed by atoms with E-state index in [0.717, 1.165) is 22.4 Å². The third-order valence-corrected chi connectivity index (χ3v) is 3.60. The van der Waals surface area contributed by atoms with Gasteiger partial charge in [0.15, 0.2) is 0 Å². The average molecular weight is 251 g/mol. The summed E-state index contributed by atoms with van der Waals surface area (Å²) in [5.41, 5.74) is 3.82. The molecule has 1 aromatic carbocycles. The number of amides is 1. The molecule has 0 bridgehead atoms. The predicted molar refractivity (Wildman–Crippen MR) is 71.8 cm³/mol. The van der Waals surface area contributed by atoms with Gasteiger partial charge < -0.3 is 9.88 Å². The number of nitriles is 1. The Morgan fingerprint density at radius 2 is 2.21 bits per heavy atom. The maximum Gasteiger partial charge on any atom is 0.231 e. The van der Waals surface area contributed by atoms with Crippen molar-refractivity contribution in [3.63, 3.8) is 0 Å². The smallest absolute Gasteiger partial charge is 0.231 e. The molecule has 1 aliphatic rings. The van der Waals surface area contributed by atoms with Crippen LogP contribution in [0.1, 0.15) is 22.6 Å². The summed E-state index contributed by atoms with van der Waals surface area (Å²) < 4.78 is 0. The van der Waals surface area contributed by atoms with Gasteiger partial charge in [-0.2, -0.15) is 5.26 Å². The van der Waals surface area contributed by atoms with Crippen LogP contribution in [-0.2, 0) is 11.2 Å². The van der Waals surface area contributed by atoms with Crippen molar-refractivity contribution < 1.29 is 4.79 Å².